The molecule has 6 rings (SSSR count). The lowest BCUT2D eigenvalue weighted by molar-refractivity contribution is 0.0894. The third-order valence-corrected chi connectivity index (χ3v) is 10.9. The van der Waals surface area contributed by atoms with Crippen molar-refractivity contribution >= 4 is 33.2 Å². The van der Waals surface area contributed by atoms with Gasteiger partial charge in [0.1, 0.15) is 0 Å². The quantitative estimate of drug-likeness (QED) is 0.367. The van der Waals surface area contributed by atoms with E-state index in [2.05, 4.69) is 20.6 Å². The van der Waals surface area contributed by atoms with Crippen LogP contribution >= 0.6 is 0 Å². The Labute approximate surface area is 258 Å². The largest absolute Gasteiger partial charge is 0.382 e. The average Bonchev–Trinajstić information content (AvgIpc) is 3.32. The van der Waals surface area contributed by atoms with Crippen LogP contribution in [-0.2, 0) is 16.4 Å². The number of nitrogens with two attached hydrogens (primary N) is 1. The summed E-state index contributed by atoms with van der Waals surface area (Å²) in [5.74, 6) is -0.710. The third kappa shape index (κ3) is 5.80. The topological polar surface area (TPSA) is 143 Å². The van der Waals surface area contributed by atoms with Crippen molar-refractivity contribution in [2.75, 3.05) is 36.4 Å². The number of nitrogens with one attached hydrogen (secondary N) is 2. The van der Waals surface area contributed by atoms with Crippen LogP contribution in [-0.4, -0.2) is 72.1 Å². The maximum absolute atomic E-state index is 13.5. The minimum atomic E-state index is -3.62. The first-order chi connectivity index (χ1) is 20.9. The molecule has 1 aromatic heterocycles. The van der Waals surface area contributed by atoms with E-state index >= 15 is 0 Å². The second kappa shape index (κ2) is 11.6. The number of anilines is 2. The predicted octanol–water partition coefficient (Wildman–Crippen LogP) is 3.60. The summed E-state index contributed by atoms with van der Waals surface area (Å²) in [6, 6.07) is 12.5. The highest BCUT2D eigenvalue weighted by Crippen LogP contribution is 2.31. The van der Waals surface area contributed by atoms with E-state index in [-0.39, 0.29) is 11.9 Å². The van der Waals surface area contributed by atoms with Gasteiger partial charge in [-0.15, -0.1) is 0 Å². The Hall–Kier alpha value is -3.90. The molecule has 2 amide bonds. The highest BCUT2D eigenvalue weighted by Gasteiger charge is 2.35. The van der Waals surface area contributed by atoms with Crippen molar-refractivity contribution in [3.63, 3.8) is 0 Å². The van der Waals surface area contributed by atoms with Crippen LogP contribution in [0.15, 0.2) is 47.4 Å². The number of benzene rings is 2. The molecule has 0 bridgehead atoms. The van der Waals surface area contributed by atoms with Gasteiger partial charge in [0.2, 0.25) is 10.0 Å². The molecule has 234 valence electrons. The lowest BCUT2D eigenvalue weighted by atomic mass is 9.90. The monoisotopic (exact) mass is 619 g/mol. The molecule has 0 aliphatic carbocycles. The molecule has 3 aromatic rings. The first-order valence-corrected chi connectivity index (χ1v) is 16.8. The van der Waals surface area contributed by atoms with Gasteiger partial charge in [0.15, 0.2) is 0 Å². The zero-order valence-corrected chi connectivity index (χ0v) is 26.4. The minimum absolute atomic E-state index is 0.0609. The zero-order valence-electron chi connectivity index (χ0n) is 25.6. The van der Waals surface area contributed by atoms with E-state index in [0.29, 0.717) is 65.4 Å². The van der Waals surface area contributed by atoms with E-state index in [4.69, 9.17) is 5.73 Å². The number of rotatable bonds is 7. The summed E-state index contributed by atoms with van der Waals surface area (Å²) in [4.78, 5) is 27.8. The van der Waals surface area contributed by atoms with Gasteiger partial charge in [-0.3, -0.25) is 9.59 Å². The first-order valence-electron chi connectivity index (χ1n) is 15.4. The molecule has 0 saturated carbocycles. The van der Waals surface area contributed by atoms with E-state index in [0.717, 1.165) is 37.3 Å². The molecule has 2 aromatic carbocycles. The number of amides is 2. The van der Waals surface area contributed by atoms with Gasteiger partial charge in [0, 0.05) is 55.6 Å². The number of aromatic nitrogens is 2. The zero-order chi connectivity index (χ0) is 31.2. The molecule has 11 nitrogen and oxygen atoms in total. The Kier molecular flexibility index (Phi) is 7.91. The van der Waals surface area contributed by atoms with Crippen LogP contribution < -0.4 is 21.3 Å². The molecule has 0 atom stereocenters. The molecular formula is C32H41N7O4S. The van der Waals surface area contributed by atoms with Crippen molar-refractivity contribution in [1.82, 2.24) is 19.4 Å². The number of aryl methyl sites for hydroxylation is 1. The Balaban J connectivity index is 1.17. The molecule has 0 unspecified atom stereocenters. The summed E-state index contributed by atoms with van der Waals surface area (Å²) in [5, 5.41) is 11.2. The number of nitrogens with zero attached hydrogens (tertiary/aromatic N) is 4. The number of fused-ring (bicyclic) bond motifs is 1. The molecule has 2 fully saturated rings. The molecule has 4 heterocycles. The summed E-state index contributed by atoms with van der Waals surface area (Å²) in [5.41, 5.74) is 10.0. The number of primary amides is 1. The van der Waals surface area contributed by atoms with Gasteiger partial charge < -0.3 is 21.3 Å². The van der Waals surface area contributed by atoms with E-state index in [1.807, 2.05) is 39.0 Å². The summed E-state index contributed by atoms with van der Waals surface area (Å²) >= 11 is 0. The van der Waals surface area contributed by atoms with Crippen LogP contribution in [0.2, 0.25) is 0 Å². The summed E-state index contributed by atoms with van der Waals surface area (Å²) < 4.78 is 30.2. The molecule has 3 aliphatic rings. The van der Waals surface area contributed by atoms with Crippen molar-refractivity contribution < 1.29 is 18.0 Å². The van der Waals surface area contributed by atoms with Crippen LogP contribution in [0.5, 0.6) is 0 Å². The normalized spacial score (nSPS) is 19.3. The van der Waals surface area contributed by atoms with Crippen LogP contribution in [0.3, 0.4) is 0 Å². The van der Waals surface area contributed by atoms with Crippen molar-refractivity contribution in [3.05, 3.63) is 65.0 Å². The number of piperidine rings is 2. The standard InChI is InChI=1S/C32H41N7O4S/c1-21-29-28(20-32(2,3)35-31(29)41)39(36-21)24-9-12-26(30(33)40)27(19-24)34-22-13-17-38(18-14-22)44(42,43)25-10-7-23(8-11-25)37-15-5-4-6-16-37/h7-12,19,22,34H,4-6,13-18,20H2,1-3H3,(H2,33,40)(H,35,41). The van der Waals surface area contributed by atoms with Crippen LogP contribution in [0.1, 0.15) is 78.1 Å². The van der Waals surface area contributed by atoms with E-state index in [9.17, 15) is 18.0 Å². The van der Waals surface area contributed by atoms with Gasteiger partial charge in [0.25, 0.3) is 11.8 Å². The number of carbonyl (C=O) groups is 2. The Bertz CT molecular complexity index is 1680. The molecule has 0 radical (unpaired) electrons. The highest BCUT2D eigenvalue weighted by molar-refractivity contribution is 7.89. The van der Waals surface area contributed by atoms with Gasteiger partial charge >= 0.3 is 0 Å². The number of hydrogen-bond donors (Lipinski definition) is 3. The van der Waals surface area contributed by atoms with Gasteiger partial charge in [-0.25, -0.2) is 13.1 Å². The SMILES string of the molecule is Cc1nn(-c2ccc(C(N)=O)c(NC3CCN(S(=O)(=O)c4ccc(N5CCCCC5)cc4)CC3)c2)c2c1C(=O)NC(C)(C)C2. The van der Waals surface area contributed by atoms with E-state index in [1.54, 1.807) is 28.9 Å². The molecule has 4 N–H and O–H groups in total. The Morgan fingerprint density at radius 1 is 1.00 bits per heavy atom. The van der Waals surface area contributed by atoms with E-state index < -0.39 is 21.5 Å². The van der Waals surface area contributed by atoms with Crippen molar-refractivity contribution in [2.24, 2.45) is 5.73 Å². The lowest BCUT2D eigenvalue weighted by Gasteiger charge is -2.33. The van der Waals surface area contributed by atoms with Crippen molar-refractivity contribution in [1.29, 1.82) is 0 Å². The molecule has 2 saturated heterocycles. The lowest BCUT2D eigenvalue weighted by Crippen LogP contribution is -2.49. The fourth-order valence-electron chi connectivity index (χ4n) is 6.67. The maximum atomic E-state index is 13.5. The molecule has 0 spiro atoms. The van der Waals surface area contributed by atoms with Gasteiger partial charge in [0.05, 0.1) is 33.1 Å². The molecule has 3 aliphatic heterocycles. The van der Waals surface area contributed by atoms with Crippen LogP contribution in [0, 0.1) is 6.92 Å². The summed E-state index contributed by atoms with van der Waals surface area (Å²) in [6.07, 6.45) is 5.30. The van der Waals surface area contributed by atoms with Gasteiger partial charge in [-0.1, -0.05) is 0 Å². The number of sulfonamides is 1. The second-order valence-electron chi connectivity index (χ2n) is 12.8. The minimum Gasteiger partial charge on any atom is -0.382 e. The Morgan fingerprint density at radius 2 is 1.66 bits per heavy atom. The fourth-order valence-corrected chi connectivity index (χ4v) is 8.14. The smallest absolute Gasteiger partial charge is 0.255 e. The van der Waals surface area contributed by atoms with E-state index in [1.165, 1.54) is 10.7 Å². The predicted molar refractivity (Wildman–Crippen MR) is 170 cm³/mol. The van der Waals surface area contributed by atoms with Crippen LogP contribution in [0.25, 0.3) is 5.69 Å². The third-order valence-electron chi connectivity index (χ3n) is 8.97. The molecule has 12 heteroatoms. The van der Waals surface area contributed by atoms with Gasteiger partial charge in [-0.05, 0) is 95.3 Å². The fraction of sp³-hybridized carbons (Fsp3) is 0.469. The second-order valence-corrected chi connectivity index (χ2v) is 14.7. The molecular weight excluding hydrogens is 578 g/mol. The van der Waals surface area contributed by atoms with Crippen molar-refractivity contribution in [2.45, 2.75) is 75.8 Å². The summed E-state index contributed by atoms with van der Waals surface area (Å²) in [7, 11) is -3.62. The van der Waals surface area contributed by atoms with Crippen LogP contribution in [0.4, 0.5) is 11.4 Å². The Morgan fingerprint density at radius 3 is 2.32 bits per heavy atom. The molecule has 44 heavy (non-hydrogen) atoms. The average molecular weight is 620 g/mol. The van der Waals surface area contributed by atoms with Crippen molar-refractivity contribution in [3.8, 4) is 5.69 Å². The highest BCUT2D eigenvalue weighted by atomic mass is 32.2. The van der Waals surface area contributed by atoms with Gasteiger partial charge in [-0.2, -0.15) is 9.40 Å². The maximum Gasteiger partial charge on any atom is 0.255 e. The first kappa shape index (κ1) is 30.1. The summed E-state index contributed by atoms with van der Waals surface area (Å²) in [6.45, 7) is 8.49. The number of hydrogen-bond acceptors (Lipinski definition) is 7. The number of carbonyl (C=O) groups excluding carboxylic acids is 2.